The average Bonchev–Trinajstić information content (AvgIpc) is 2.70. The Kier molecular flexibility index (Phi) is 6.59. The zero-order chi connectivity index (χ0) is 21.8. The summed E-state index contributed by atoms with van der Waals surface area (Å²) >= 11 is 12.6. The Morgan fingerprint density at radius 2 is 1.60 bits per heavy atom. The summed E-state index contributed by atoms with van der Waals surface area (Å²) in [4.78, 5) is 23.3. The number of benzene rings is 3. The number of carbonyl (C=O) groups is 2. The molecule has 5 nitrogen and oxygen atoms in total. The van der Waals surface area contributed by atoms with E-state index in [1.54, 1.807) is 6.07 Å². The number of carbonyl (C=O) groups excluding carboxylic acids is 1. The molecule has 0 atom stereocenters. The summed E-state index contributed by atoms with van der Waals surface area (Å²) in [6.45, 7) is -0.529. The highest BCUT2D eigenvalue weighted by atomic mass is 35.5. The highest BCUT2D eigenvalue weighted by molar-refractivity contribution is 6.36. The first-order chi connectivity index (χ1) is 14.2. The molecule has 0 bridgehead atoms. The van der Waals surface area contributed by atoms with Gasteiger partial charge in [0.1, 0.15) is 17.3 Å². The largest absolute Gasteiger partial charge is 0.507 e. The first kappa shape index (κ1) is 21.6. The SMILES string of the molecule is O=C(O)COc1cc(Cl)c(Cc2ccc(O)c(C(=O)c3ccc(F)cc3)c2)c(Cl)c1. The molecule has 8 heteroatoms. The Hall–Kier alpha value is -3.09. The number of phenolic OH excluding ortho intramolecular Hbond substituents is 1. The van der Waals surface area contributed by atoms with E-state index in [0.717, 1.165) is 0 Å². The number of halogens is 3. The van der Waals surface area contributed by atoms with Crippen molar-refractivity contribution in [2.24, 2.45) is 0 Å². The van der Waals surface area contributed by atoms with Gasteiger partial charge in [0.05, 0.1) is 5.56 Å². The van der Waals surface area contributed by atoms with Gasteiger partial charge >= 0.3 is 5.97 Å². The van der Waals surface area contributed by atoms with Crippen molar-refractivity contribution in [2.75, 3.05) is 6.61 Å². The molecule has 0 amide bonds. The third kappa shape index (κ3) is 5.09. The van der Waals surface area contributed by atoms with Crippen LogP contribution in [0.2, 0.25) is 10.0 Å². The third-order valence-corrected chi connectivity index (χ3v) is 4.94. The van der Waals surface area contributed by atoms with Gasteiger partial charge in [-0.05, 0) is 59.7 Å². The van der Waals surface area contributed by atoms with E-state index in [4.69, 9.17) is 33.0 Å². The van der Waals surface area contributed by atoms with Crippen molar-refractivity contribution in [3.8, 4) is 11.5 Å². The highest BCUT2D eigenvalue weighted by Gasteiger charge is 2.16. The number of hydrogen-bond donors (Lipinski definition) is 2. The molecule has 0 spiro atoms. The lowest BCUT2D eigenvalue weighted by atomic mass is 9.97. The van der Waals surface area contributed by atoms with E-state index in [-0.39, 0.29) is 39.1 Å². The molecular weight excluding hydrogens is 434 g/mol. The van der Waals surface area contributed by atoms with E-state index in [0.29, 0.717) is 11.1 Å². The molecule has 0 radical (unpaired) electrons. The number of phenols is 1. The second-order valence-electron chi connectivity index (χ2n) is 6.41. The molecule has 3 aromatic rings. The minimum absolute atomic E-state index is 0.0627. The van der Waals surface area contributed by atoms with E-state index in [1.807, 2.05) is 0 Å². The van der Waals surface area contributed by atoms with E-state index >= 15 is 0 Å². The quantitative estimate of drug-likeness (QED) is 0.489. The minimum Gasteiger partial charge on any atom is -0.507 e. The monoisotopic (exact) mass is 448 g/mol. The summed E-state index contributed by atoms with van der Waals surface area (Å²) in [6, 6.07) is 12.5. The van der Waals surface area contributed by atoms with Crippen LogP contribution >= 0.6 is 23.2 Å². The molecular formula is C22H15Cl2FO5. The molecule has 0 aliphatic carbocycles. The number of ether oxygens (including phenoxy) is 1. The molecule has 0 fully saturated rings. The highest BCUT2D eigenvalue weighted by Crippen LogP contribution is 2.33. The van der Waals surface area contributed by atoms with Crippen molar-refractivity contribution >= 4 is 35.0 Å². The standard InChI is InChI=1S/C22H15Cl2FO5/c23-18-9-15(30-11-21(27)28)10-19(24)16(18)7-12-1-6-20(26)17(8-12)22(29)13-2-4-14(25)5-3-13/h1-6,8-10,26H,7,11H2,(H,27,28). The fraction of sp³-hybridized carbons (Fsp3) is 0.0909. The van der Waals surface area contributed by atoms with Crippen molar-refractivity contribution in [3.63, 3.8) is 0 Å². The number of carboxylic acid groups (broad SMARTS) is 1. The van der Waals surface area contributed by atoms with Gasteiger partial charge in [-0.2, -0.15) is 0 Å². The van der Waals surface area contributed by atoms with Crippen LogP contribution in [0.4, 0.5) is 4.39 Å². The predicted octanol–water partition coefficient (Wildman–Crippen LogP) is 5.12. The number of hydrogen-bond acceptors (Lipinski definition) is 4. The van der Waals surface area contributed by atoms with Crippen LogP contribution in [0.3, 0.4) is 0 Å². The van der Waals surface area contributed by atoms with Gasteiger partial charge in [-0.1, -0.05) is 29.3 Å². The van der Waals surface area contributed by atoms with Crippen LogP contribution in [0.1, 0.15) is 27.0 Å². The summed E-state index contributed by atoms with van der Waals surface area (Å²) in [5.74, 6) is -2.04. The second kappa shape index (κ2) is 9.15. The van der Waals surface area contributed by atoms with Crippen LogP contribution in [0, 0.1) is 5.82 Å². The van der Waals surface area contributed by atoms with Crippen LogP contribution in [0.5, 0.6) is 11.5 Å². The fourth-order valence-electron chi connectivity index (χ4n) is 2.81. The van der Waals surface area contributed by atoms with Gasteiger partial charge in [0.15, 0.2) is 12.4 Å². The summed E-state index contributed by atoms with van der Waals surface area (Å²) in [5.41, 5.74) is 1.50. The number of aliphatic carboxylic acids is 1. The number of ketones is 1. The van der Waals surface area contributed by atoms with Gasteiger partial charge < -0.3 is 14.9 Å². The molecule has 0 saturated heterocycles. The minimum atomic E-state index is -1.13. The molecule has 0 unspecified atom stereocenters. The van der Waals surface area contributed by atoms with Crippen LogP contribution < -0.4 is 4.74 Å². The van der Waals surface area contributed by atoms with E-state index in [1.165, 1.54) is 48.5 Å². The molecule has 3 rings (SSSR count). The molecule has 0 saturated carbocycles. The molecule has 30 heavy (non-hydrogen) atoms. The van der Waals surface area contributed by atoms with Crippen LogP contribution in [-0.2, 0) is 11.2 Å². The molecule has 0 aromatic heterocycles. The summed E-state index contributed by atoms with van der Waals surface area (Å²) in [6.07, 6.45) is 0.251. The number of carboxylic acids is 1. The lowest BCUT2D eigenvalue weighted by Gasteiger charge is -2.12. The van der Waals surface area contributed by atoms with Gasteiger partial charge in [0.25, 0.3) is 0 Å². The lowest BCUT2D eigenvalue weighted by Crippen LogP contribution is -2.09. The summed E-state index contributed by atoms with van der Waals surface area (Å²) in [7, 11) is 0. The maximum Gasteiger partial charge on any atom is 0.341 e. The van der Waals surface area contributed by atoms with Gasteiger partial charge in [-0.25, -0.2) is 9.18 Å². The van der Waals surface area contributed by atoms with E-state index in [9.17, 15) is 19.1 Å². The normalized spacial score (nSPS) is 10.6. The van der Waals surface area contributed by atoms with Crippen LogP contribution in [-0.4, -0.2) is 28.6 Å². The molecule has 154 valence electrons. The maximum atomic E-state index is 13.1. The topological polar surface area (TPSA) is 83.8 Å². The number of aromatic hydroxyl groups is 1. The first-order valence-electron chi connectivity index (χ1n) is 8.69. The maximum absolute atomic E-state index is 13.1. The van der Waals surface area contributed by atoms with Crippen LogP contribution in [0.15, 0.2) is 54.6 Å². The molecule has 0 aliphatic heterocycles. The average molecular weight is 449 g/mol. The van der Waals surface area contributed by atoms with E-state index < -0.39 is 24.2 Å². The number of rotatable bonds is 7. The zero-order valence-corrected chi connectivity index (χ0v) is 16.9. The first-order valence-corrected chi connectivity index (χ1v) is 9.45. The Bertz CT molecular complexity index is 1090. The van der Waals surface area contributed by atoms with Crippen molar-refractivity contribution in [1.29, 1.82) is 0 Å². The van der Waals surface area contributed by atoms with Crippen LogP contribution in [0.25, 0.3) is 0 Å². The molecule has 0 heterocycles. The molecule has 3 aromatic carbocycles. The Morgan fingerprint density at radius 1 is 0.967 bits per heavy atom. The molecule has 2 N–H and O–H groups in total. The van der Waals surface area contributed by atoms with Crippen molar-refractivity contribution in [3.05, 3.63) is 92.7 Å². The lowest BCUT2D eigenvalue weighted by molar-refractivity contribution is -0.139. The van der Waals surface area contributed by atoms with E-state index in [2.05, 4.69) is 0 Å². The van der Waals surface area contributed by atoms with Crippen molar-refractivity contribution in [1.82, 2.24) is 0 Å². The Morgan fingerprint density at radius 3 is 2.20 bits per heavy atom. The van der Waals surface area contributed by atoms with Gasteiger partial charge in [0.2, 0.25) is 0 Å². The summed E-state index contributed by atoms with van der Waals surface area (Å²) < 4.78 is 18.2. The Labute approximate surface area is 181 Å². The smallest absolute Gasteiger partial charge is 0.341 e. The van der Waals surface area contributed by atoms with Gasteiger partial charge in [-0.15, -0.1) is 0 Å². The zero-order valence-electron chi connectivity index (χ0n) is 15.4. The van der Waals surface area contributed by atoms with Crippen molar-refractivity contribution in [2.45, 2.75) is 6.42 Å². The third-order valence-electron chi connectivity index (χ3n) is 4.27. The predicted molar refractivity (Wildman–Crippen MR) is 110 cm³/mol. The molecule has 0 aliphatic rings. The second-order valence-corrected chi connectivity index (χ2v) is 7.23. The summed E-state index contributed by atoms with van der Waals surface area (Å²) in [5, 5.41) is 19.4. The fourth-order valence-corrected chi connectivity index (χ4v) is 3.41. The van der Waals surface area contributed by atoms with Gasteiger partial charge in [0, 0.05) is 22.0 Å². The van der Waals surface area contributed by atoms with Gasteiger partial charge in [-0.3, -0.25) is 4.79 Å². The Balaban J connectivity index is 1.87. The van der Waals surface area contributed by atoms with Crippen molar-refractivity contribution < 1.29 is 28.9 Å².